The minimum Gasteiger partial charge on any atom is -0.317 e. The third-order valence-electron chi connectivity index (χ3n) is 5.50. The molecule has 1 aliphatic carbocycles. The summed E-state index contributed by atoms with van der Waals surface area (Å²) in [7, 11) is 4.49. The van der Waals surface area contributed by atoms with E-state index in [2.05, 4.69) is 36.1 Å². The van der Waals surface area contributed by atoms with Crippen molar-refractivity contribution in [3.63, 3.8) is 0 Å². The van der Waals surface area contributed by atoms with E-state index < -0.39 is 0 Å². The van der Waals surface area contributed by atoms with E-state index in [1.165, 1.54) is 71.1 Å². The Hall–Kier alpha value is -0.120. The van der Waals surface area contributed by atoms with Crippen molar-refractivity contribution >= 4 is 0 Å². The molecule has 1 N–H and O–H groups in total. The van der Waals surface area contributed by atoms with Crippen molar-refractivity contribution in [1.82, 2.24) is 15.1 Å². The van der Waals surface area contributed by atoms with Crippen LogP contribution >= 0.6 is 0 Å². The normalized spacial score (nSPS) is 32.7. The zero-order chi connectivity index (χ0) is 14.4. The number of likely N-dealkylation sites (N-methyl/N-ethyl adjacent to an activating group) is 2. The van der Waals surface area contributed by atoms with Crippen molar-refractivity contribution in [3.05, 3.63) is 0 Å². The molecule has 20 heavy (non-hydrogen) atoms. The fourth-order valence-electron chi connectivity index (χ4n) is 4.34. The number of nitrogens with zero attached hydrogens (tertiary/aromatic N) is 2. The maximum Gasteiger partial charge on any atom is 0.0223 e. The molecule has 118 valence electrons. The van der Waals surface area contributed by atoms with Crippen molar-refractivity contribution in [3.8, 4) is 0 Å². The van der Waals surface area contributed by atoms with Gasteiger partial charge in [-0.2, -0.15) is 0 Å². The van der Waals surface area contributed by atoms with Gasteiger partial charge in [0.05, 0.1) is 0 Å². The average Bonchev–Trinajstić information content (AvgIpc) is 2.76. The van der Waals surface area contributed by atoms with E-state index in [1.54, 1.807) is 0 Å². The standard InChI is InChI=1S/C17H35N3/c1-4-20-12-8-10-16(20)14-19(3)13-15-9-6-5-7-11-17(15)18-2/h15-18H,4-14H2,1-3H3. The molecule has 3 atom stereocenters. The molecule has 2 fully saturated rings. The summed E-state index contributed by atoms with van der Waals surface area (Å²) >= 11 is 0. The second-order valence-corrected chi connectivity index (χ2v) is 6.94. The average molecular weight is 281 g/mol. The van der Waals surface area contributed by atoms with E-state index >= 15 is 0 Å². The van der Waals surface area contributed by atoms with Crippen LogP contribution < -0.4 is 5.32 Å². The molecule has 0 aromatic heterocycles. The van der Waals surface area contributed by atoms with Gasteiger partial charge in [-0.3, -0.25) is 4.90 Å². The second kappa shape index (κ2) is 8.35. The van der Waals surface area contributed by atoms with Crippen LogP contribution in [0.25, 0.3) is 0 Å². The van der Waals surface area contributed by atoms with E-state index in [4.69, 9.17) is 0 Å². The topological polar surface area (TPSA) is 18.5 Å². The Morgan fingerprint density at radius 1 is 1.05 bits per heavy atom. The summed E-state index contributed by atoms with van der Waals surface area (Å²) < 4.78 is 0. The van der Waals surface area contributed by atoms with Gasteiger partial charge < -0.3 is 10.2 Å². The molecule has 2 rings (SSSR count). The number of likely N-dealkylation sites (tertiary alicyclic amines) is 1. The largest absolute Gasteiger partial charge is 0.317 e. The van der Waals surface area contributed by atoms with Crippen LogP contribution in [0.4, 0.5) is 0 Å². The van der Waals surface area contributed by atoms with Crippen molar-refractivity contribution in [2.24, 2.45) is 5.92 Å². The Bertz CT molecular complexity index is 269. The van der Waals surface area contributed by atoms with Crippen molar-refractivity contribution in [2.75, 3.05) is 40.3 Å². The first kappa shape index (κ1) is 16.3. The van der Waals surface area contributed by atoms with Gasteiger partial charge in [-0.1, -0.05) is 26.2 Å². The molecule has 0 aromatic carbocycles. The fraction of sp³-hybridized carbons (Fsp3) is 1.00. The molecular formula is C17H35N3. The summed E-state index contributed by atoms with van der Waals surface area (Å²) in [6.45, 7) is 7.39. The molecule has 0 amide bonds. The maximum absolute atomic E-state index is 3.58. The van der Waals surface area contributed by atoms with Gasteiger partial charge in [-0.05, 0) is 58.8 Å². The zero-order valence-electron chi connectivity index (χ0n) is 13.9. The Morgan fingerprint density at radius 2 is 1.85 bits per heavy atom. The Kier molecular flexibility index (Phi) is 6.79. The lowest BCUT2D eigenvalue weighted by Crippen LogP contribution is -2.44. The van der Waals surface area contributed by atoms with Crippen LogP contribution in [-0.4, -0.2) is 62.2 Å². The van der Waals surface area contributed by atoms with Gasteiger partial charge in [0.1, 0.15) is 0 Å². The van der Waals surface area contributed by atoms with E-state index in [-0.39, 0.29) is 0 Å². The summed E-state index contributed by atoms with van der Waals surface area (Å²) in [6.07, 6.45) is 9.87. The minimum atomic E-state index is 0.741. The Labute approximate surface area is 126 Å². The highest BCUT2D eigenvalue weighted by atomic mass is 15.2. The molecule has 1 heterocycles. The lowest BCUT2D eigenvalue weighted by atomic mass is 9.94. The summed E-state index contributed by atoms with van der Waals surface area (Å²) in [5, 5.41) is 3.58. The van der Waals surface area contributed by atoms with E-state index in [0.717, 1.165) is 18.0 Å². The van der Waals surface area contributed by atoms with Gasteiger partial charge >= 0.3 is 0 Å². The first-order chi connectivity index (χ1) is 9.74. The molecule has 2 aliphatic rings. The minimum absolute atomic E-state index is 0.741. The van der Waals surface area contributed by atoms with Crippen LogP contribution in [0.5, 0.6) is 0 Å². The van der Waals surface area contributed by atoms with Gasteiger partial charge in [0.25, 0.3) is 0 Å². The quantitative estimate of drug-likeness (QED) is 0.755. The predicted molar refractivity (Wildman–Crippen MR) is 87.2 cm³/mol. The van der Waals surface area contributed by atoms with Gasteiger partial charge in [-0.15, -0.1) is 0 Å². The zero-order valence-corrected chi connectivity index (χ0v) is 13.9. The first-order valence-corrected chi connectivity index (χ1v) is 8.84. The predicted octanol–water partition coefficient (Wildman–Crippen LogP) is 2.57. The molecule has 3 nitrogen and oxygen atoms in total. The molecule has 3 heteroatoms. The van der Waals surface area contributed by atoms with E-state index in [0.29, 0.717) is 0 Å². The van der Waals surface area contributed by atoms with Gasteiger partial charge in [0.2, 0.25) is 0 Å². The highest BCUT2D eigenvalue weighted by Gasteiger charge is 2.27. The fourth-order valence-corrected chi connectivity index (χ4v) is 4.34. The van der Waals surface area contributed by atoms with Gasteiger partial charge in [0, 0.05) is 25.2 Å². The van der Waals surface area contributed by atoms with Crippen LogP contribution in [0, 0.1) is 5.92 Å². The van der Waals surface area contributed by atoms with Crippen LogP contribution in [0.2, 0.25) is 0 Å². The summed E-state index contributed by atoms with van der Waals surface area (Å²) in [5.41, 5.74) is 0. The third kappa shape index (κ3) is 4.44. The highest BCUT2D eigenvalue weighted by molar-refractivity contribution is 4.84. The molecule has 1 saturated heterocycles. The first-order valence-electron chi connectivity index (χ1n) is 8.84. The van der Waals surface area contributed by atoms with E-state index in [1.807, 2.05) is 0 Å². The summed E-state index contributed by atoms with van der Waals surface area (Å²) in [6, 6.07) is 1.55. The highest BCUT2D eigenvalue weighted by Crippen LogP contribution is 2.25. The summed E-state index contributed by atoms with van der Waals surface area (Å²) in [4.78, 5) is 5.28. The van der Waals surface area contributed by atoms with Crippen molar-refractivity contribution in [2.45, 2.75) is 64.0 Å². The van der Waals surface area contributed by atoms with Crippen LogP contribution in [0.15, 0.2) is 0 Å². The molecule has 1 aliphatic heterocycles. The molecule has 0 bridgehead atoms. The molecule has 0 radical (unpaired) electrons. The van der Waals surface area contributed by atoms with E-state index in [9.17, 15) is 0 Å². The molecule has 0 aromatic rings. The monoisotopic (exact) mass is 281 g/mol. The van der Waals surface area contributed by atoms with Crippen LogP contribution in [-0.2, 0) is 0 Å². The second-order valence-electron chi connectivity index (χ2n) is 6.94. The van der Waals surface area contributed by atoms with Crippen LogP contribution in [0.1, 0.15) is 51.9 Å². The summed E-state index contributed by atoms with van der Waals surface area (Å²) in [5.74, 6) is 0.851. The molecule has 3 unspecified atom stereocenters. The molecule has 0 spiro atoms. The third-order valence-corrected chi connectivity index (χ3v) is 5.50. The number of rotatable bonds is 6. The van der Waals surface area contributed by atoms with Gasteiger partial charge in [0.15, 0.2) is 0 Å². The van der Waals surface area contributed by atoms with Crippen molar-refractivity contribution in [1.29, 1.82) is 0 Å². The Morgan fingerprint density at radius 3 is 2.60 bits per heavy atom. The number of nitrogens with one attached hydrogen (secondary N) is 1. The lowest BCUT2D eigenvalue weighted by Gasteiger charge is -2.32. The van der Waals surface area contributed by atoms with Crippen LogP contribution in [0.3, 0.4) is 0 Å². The number of hydrogen-bond acceptors (Lipinski definition) is 3. The molecule has 1 saturated carbocycles. The number of hydrogen-bond donors (Lipinski definition) is 1. The smallest absolute Gasteiger partial charge is 0.0223 e. The van der Waals surface area contributed by atoms with Crippen molar-refractivity contribution < 1.29 is 0 Å². The molecular weight excluding hydrogens is 246 g/mol. The Balaban J connectivity index is 1.81. The SMILES string of the molecule is CCN1CCCC1CN(C)CC1CCCCCC1NC. The lowest BCUT2D eigenvalue weighted by molar-refractivity contribution is 0.168. The van der Waals surface area contributed by atoms with Gasteiger partial charge in [-0.25, -0.2) is 0 Å². The maximum atomic E-state index is 3.58.